The second kappa shape index (κ2) is 4.38. The predicted octanol–water partition coefficient (Wildman–Crippen LogP) is 4.13. The fraction of sp³-hybridized carbons (Fsp3) is 0. The van der Waals surface area contributed by atoms with Gasteiger partial charge in [0.05, 0.1) is 0 Å². The van der Waals surface area contributed by atoms with E-state index in [9.17, 15) is 4.39 Å². The molecule has 0 heterocycles. The summed E-state index contributed by atoms with van der Waals surface area (Å²) in [6, 6.07) is 11.6. The van der Waals surface area contributed by atoms with Gasteiger partial charge in [0.2, 0.25) is 0 Å². The summed E-state index contributed by atoms with van der Waals surface area (Å²) in [4.78, 5) is 0. The van der Waals surface area contributed by atoms with Crippen LogP contribution >= 0.6 is 11.6 Å². The number of halogens is 2. The molecule has 0 saturated carbocycles. The van der Waals surface area contributed by atoms with E-state index in [-0.39, 0.29) is 5.82 Å². The highest BCUT2D eigenvalue weighted by atomic mass is 35.5. The van der Waals surface area contributed by atoms with Gasteiger partial charge in [-0.2, -0.15) is 0 Å². The molecule has 0 spiro atoms. The Kier molecular flexibility index (Phi) is 2.94. The van der Waals surface area contributed by atoms with Crippen molar-refractivity contribution in [3.8, 4) is 23.5 Å². The summed E-state index contributed by atoms with van der Waals surface area (Å²) in [7, 11) is 0. The number of hydrogen-bond donors (Lipinski definition) is 0. The van der Waals surface area contributed by atoms with Gasteiger partial charge in [0.1, 0.15) is 5.82 Å². The van der Waals surface area contributed by atoms with E-state index in [0.717, 1.165) is 0 Å². The molecule has 2 heteroatoms. The minimum Gasteiger partial charge on any atom is -0.206 e. The molecule has 2 rings (SSSR count). The number of rotatable bonds is 1. The van der Waals surface area contributed by atoms with Crippen LogP contribution in [0.2, 0.25) is 5.02 Å². The zero-order valence-electron chi connectivity index (χ0n) is 8.37. The van der Waals surface area contributed by atoms with Crippen LogP contribution in [0.15, 0.2) is 42.5 Å². The third-order valence-electron chi connectivity index (χ3n) is 2.30. The second-order valence-corrected chi connectivity index (χ2v) is 3.73. The van der Waals surface area contributed by atoms with Crippen molar-refractivity contribution in [2.24, 2.45) is 0 Å². The van der Waals surface area contributed by atoms with Crippen molar-refractivity contribution in [1.29, 1.82) is 0 Å². The van der Waals surface area contributed by atoms with Crippen LogP contribution in [0.1, 0.15) is 5.56 Å². The highest BCUT2D eigenvalue weighted by molar-refractivity contribution is 6.33. The Morgan fingerprint density at radius 3 is 2.50 bits per heavy atom. The number of hydrogen-bond acceptors (Lipinski definition) is 0. The van der Waals surface area contributed by atoms with E-state index in [2.05, 4.69) is 5.92 Å². The molecule has 0 aliphatic carbocycles. The Hall–Kier alpha value is -1.78. The summed E-state index contributed by atoms with van der Waals surface area (Å²) < 4.78 is 13.6. The van der Waals surface area contributed by atoms with Crippen LogP contribution in [0.4, 0.5) is 4.39 Å². The molecule has 0 radical (unpaired) electrons. The number of benzene rings is 2. The topological polar surface area (TPSA) is 0 Å². The van der Waals surface area contributed by atoms with Crippen LogP contribution in [0.5, 0.6) is 0 Å². The van der Waals surface area contributed by atoms with Crippen molar-refractivity contribution < 1.29 is 4.39 Å². The molecular weight excluding hydrogens is 223 g/mol. The Labute approximate surface area is 98.7 Å². The molecule has 0 bridgehead atoms. The van der Waals surface area contributed by atoms with Gasteiger partial charge in [-0.25, -0.2) is 4.39 Å². The van der Waals surface area contributed by atoms with Gasteiger partial charge in [0, 0.05) is 21.7 Å². The minimum atomic E-state index is -0.327. The average Bonchev–Trinajstić information content (AvgIpc) is 2.31. The molecular formula is C14H8ClF. The van der Waals surface area contributed by atoms with Crippen LogP contribution < -0.4 is 0 Å². The van der Waals surface area contributed by atoms with Crippen molar-refractivity contribution in [2.75, 3.05) is 0 Å². The minimum absolute atomic E-state index is 0.327. The molecule has 0 saturated heterocycles. The van der Waals surface area contributed by atoms with Gasteiger partial charge in [0.25, 0.3) is 0 Å². The zero-order chi connectivity index (χ0) is 11.5. The average molecular weight is 231 g/mol. The summed E-state index contributed by atoms with van der Waals surface area (Å²) in [6.45, 7) is 0. The standard InChI is InChI=1S/C14H8ClF/c1-2-10-7-8-14(16)12(9-10)11-5-3-4-6-13(11)15/h1,3-9H. The molecule has 0 aliphatic heterocycles. The first-order valence-corrected chi connectivity index (χ1v) is 5.11. The molecule has 0 atom stereocenters. The molecule has 0 aromatic heterocycles. The van der Waals surface area contributed by atoms with Crippen molar-refractivity contribution in [3.05, 3.63) is 58.9 Å². The van der Waals surface area contributed by atoms with Gasteiger partial charge in [-0.15, -0.1) is 6.42 Å². The van der Waals surface area contributed by atoms with Gasteiger partial charge >= 0.3 is 0 Å². The Balaban J connectivity index is 2.65. The quantitative estimate of drug-likeness (QED) is 0.647. The van der Waals surface area contributed by atoms with E-state index in [1.165, 1.54) is 6.07 Å². The van der Waals surface area contributed by atoms with E-state index in [1.54, 1.807) is 30.3 Å². The Bertz CT molecular complexity index is 567. The highest BCUT2D eigenvalue weighted by Crippen LogP contribution is 2.30. The monoisotopic (exact) mass is 230 g/mol. The summed E-state index contributed by atoms with van der Waals surface area (Å²) in [5.41, 5.74) is 1.72. The Morgan fingerprint density at radius 1 is 1.06 bits per heavy atom. The molecule has 0 aliphatic rings. The van der Waals surface area contributed by atoms with Crippen LogP contribution in [-0.4, -0.2) is 0 Å². The largest absolute Gasteiger partial charge is 0.206 e. The van der Waals surface area contributed by atoms with E-state index in [1.807, 2.05) is 6.07 Å². The summed E-state index contributed by atoms with van der Waals surface area (Å²) >= 11 is 6.01. The molecule has 2 aromatic carbocycles. The lowest BCUT2D eigenvalue weighted by molar-refractivity contribution is 0.631. The van der Waals surface area contributed by atoms with Crippen molar-refractivity contribution in [2.45, 2.75) is 0 Å². The second-order valence-electron chi connectivity index (χ2n) is 3.32. The maximum atomic E-state index is 13.6. The molecule has 0 amide bonds. The SMILES string of the molecule is C#Cc1ccc(F)c(-c2ccccc2Cl)c1. The van der Waals surface area contributed by atoms with E-state index >= 15 is 0 Å². The Morgan fingerprint density at radius 2 is 1.81 bits per heavy atom. The van der Waals surface area contributed by atoms with Crippen LogP contribution in [0.25, 0.3) is 11.1 Å². The molecule has 0 N–H and O–H groups in total. The molecule has 2 aromatic rings. The lowest BCUT2D eigenvalue weighted by Crippen LogP contribution is -1.87. The van der Waals surface area contributed by atoms with Crippen molar-refractivity contribution in [1.82, 2.24) is 0 Å². The first-order valence-electron chi connectivity index (χ1n) is 4.73. The normalized spacial score (nSPS) is 9.81. The van der Waals surface area contributed by atoms with Crippen molar-refractivity contribution >= 4 is 11.6 Å². The third kappa shape index (κ3) is 1.93. The van der Waals surface area contributed by atoms with Gasteiger partial charge in [-0.3, -0.25) is 0 Å². The first kappa shape index (κ1) is 10.7. The van der Waals surface area contributed by atoms with E-state index < -0.39 is 0 Å². The van der Waals surface area contributed by atoms with Gasteiger partial charge in [-0.1, -0.05) is 35.7 Å². The fourth-order valence-corrected chi connectivity index (χ4v) is 1.74. The fourth-order valence-electron chi connectivity index (χ4n) is 1.50. The predicted molar refractivity (Wildman–Crippen MR) is 64.8 cm³/mol. The molecule has 0 fully saturated rings. The molecule has 0 unspecified atom stereocenters. The summed E-state index contributed by atoms with van der Waals surface area (Å²) in [5, 5.41) is 0.510. The summed E-state index contributed by atoms with van der Waals surface area (Å²) in [6.07, 6.45) is 5.28. The van der Waals surface area contributed by atoms with Crippen LogP contribution in [0, 0.1) is 18.2 Å². The maximum Gasteiger partial charge on any atom is 0.131 e. The molecule has 78 valence electrons. The third-order valence-corrected chi connectivity index (χ3v) is 2.63. The summed E-state index contributed by atoms with van der Waals surface area (Å²) in [5.74, 6) is 2.15. The molecule has 0 nitrogen and oxygen atoms in total. The van der Waals surface area contributed by atoms with Crippen molar-refractivity contribution in [3.63, 3.8) is 0 Å². The first-order chi connectivity index (χ1) is 7.72. The lowest BCUT2D eigenvalue weighted by Gasteiger charge is -2.06. The zero-order valence-corrected chi connectivity index (χ0v) is 9.13. The highest BCUT2D eigenvalue weighted by Gasteiger charge is 2.08. The van der Waals surface area contributed by atoms with E-state index in [0.29, 0.717) is 21.7 Å². The van der Waals surface area contributed by atoms with Crippen LogP contribution in [-0.2, 0) is 0 Å². The van der Waals surface area contributed by atoms with E-state index in [4.69, 9.17) is 18.0 Å². The van der Waals surface area contributed by atoms with Gasteiger partial charge in [-0.05, 0) is 24.3 Å². The number of terminal acetylenes is 1. The lowest BCUT2D eigenvalue weighted by atomic mass is 10.0. The van der Waals surface area contributed by atoms with Gasteiger partial charge in [0.15, 0.2) is 0 Å². The van der Waals surface area contributed by atoms with Gasteiger partial charge < -0.3 is 0 Å². The maximum absolute atomic E-state index is 13.6. The van der Waals surface area contributed by atoms with Crippen LogP contribution in [0.3, 0.4) is 0 Å². The molecule has 16 heavy (non-hydrogen) atoms. The smallest absolute Gasteiger partial charge is 0.131 e.